The first-order valence-corrected chi connectivity index (χ1v) is 9.20. The highest BCUT2D eigenvalue weighted by Crippen LogP contribution is 2.25. The van der Waals surface area contributed by atoms with Gasteiger partial charge in [0.1, 0.15) is 22.6 Å². The maximum Gasteiger partial charge on any atom is 0.223 e. The number of nitrogens with zero attached hydrogens (tertiary/aromatic N) is 2. The number of ether oxygens (including phenoxy) is 2. The molecule has 1 amide bonds. The van der Waals surface area contributed by atoms with E-state index in [9.17, 15) is 4.79 Å². The number of carbonyl (C=O) groups excluding carboxylic acids is 1. The predicted octanol–water partition coefficient (Wildman–Crippen LogP) is 3.75. The molecule has 0 radical (unpaired) electrons. The van der Waals surface area contributed by atoms with Gasteiger partial charge in [0.05, 0.1) is 13.7 Å². The maximum atomic E-state index is 12.6. The lowest BCUT2D eigenvalue weighted by Crippen LogP contribution is -2.44. The number of aryl methyl sites for hydroxylation is 1. The summed E-state index contributed by atoms with van der Waals surface area (Å²) in [6.45, 7) is 1.38. The summed E-state index contributed by atoms with van der Waals surface area (Å²) in [5, 5.41) is 0.496. The fraction of sp³-hybridized carbons (Fsp3) is 0.400. The van der Waals surface area contributed by atoms with Crippen LogP contribution < -0.4 is 9.47 Å². The number of likely N-dealkylation sites (tertiary alicyclic amines) is 1. The Hall–Kier alpha value is -2.27. The molecule has 138 valence electrons. The first kappa shape index (κ1) is 18.5. The lowest BCUT2D eigenvalue weighted by Gasteiger charge is -2.33. The highest BCUT2D eigenvalue weighted by Gasteiger charge is 2.25. The van der Waals surface area contributed by atoms with Crippen molar-refractivity contribution >= 4 is 17.5 Å². The van der Waals surface area contributed by atoms with Crippen molar-refractivity contribution in [2.24, 2.45) is 0 Å². The number of benzene rings is 1. The Morgan fingerprint density at radius 3 is 2.85 bits per heavy atom. The number of pyridine rings is 1. The van der Waals surface area contributed by atoms with E-state index in [2.05, 4.69) is 4.98 Å². The molecule has 2 heterocycles. The largest absolute Gasteiger partial charge is 0.497 e. The number of amides is 1. The van der Waals surface area contributed by atoms with Crippen molar-refractivity contribution < 1.29 is 14.3 Å². The first-order chi connectivity index (χ1) is 12.7. The first-order valence-electron chi connectivity index (χ1n) is 8.82. The number of rotatable bonds is 6. The minimum Gasteiger partial charge on any atom is -0.497 e. The van der Waals surface area contributed by atoms with Crippen LogP contribution in [0.25, 0.3) is 0 Å². The number of piperidine rings is 1. The fourth-order valence-electron chi connectivity index (χ4n) is 3.10. The summed E-state index contributed by atoms with van der Waals surface area (Å²) < 4.78 is 11.1. The van der Waals surface area contributed by atoms with E-state index in [0.717, 1.165) is 37.1 Å². The number of aromatic nitrogens is 1. The van der Waals surface area contributed by atoms with Crippen LogP contribution in [0, 0.1) is 0 Å². The summed E-state index contributed by atoms with van der Waals surface area (Å²) in [5.74, 6) is 1.61. The van der Waals surface area contributed by atoms with E-state index in [1.54, 1.807) is 25.6 Å². The molecule has 3 rings (SSSR count). The second-order valence-corrected chi connectivity index (χ2v) is 6.78. The number of halogens is 1. The van der Waals surface area contributed by atoms with E-state index in [0.29, 0.717) is 23.7 Å². The monoisotopic (exact) mass is 374 g/mol. The molecular formula is C20H23ClN2O3. The van der Waals surface area contributed by atoms with Crippen LogP contribution in [0.15, 0.2) is 42.7 Å². The SMILES string of the molecule is COc1ccc(CCC(=O)N2CCC[C@@H](Oc3ccncc3Cl)C2)cc1. The van der Waals surface area contributed by atoms with Crippen molar-refractivity contribution in [2.75, 3.05) is 20.2 Å². The fourth-order valence-corrected chi connectivity index (χ4v) is 3.26. The topological polar surface area (TPSA) is 51.7 Å². The number of methoxy groups -OCH3 is 1. The van der Waals surface area contributed by atoms with Gasteiger partial charge in [-0.1, -0.05) is 23.7 Å². The summed E-state index contributed by atoms with van der Waals surface area (Å²) in [6.07, 6.45) is 6.26. The summed E-state index contributed by atoms with van der Waals surface area (Å²) in [7, 11) is 1.65. The van der Waals surface area contributed by atoms with Gasteiger partial charge in [0.25, 0.3) is 0 Å². The molecule has 26 heavy (non-hydrogen) atoms. The minimum atomic E-state index is -0.0337. The van der Waals surface area contributed by atoms with Crippen molar-refractivity contribution in [3.63, 3.8) is 0 Å². The summed E-state index contributed by atoms with van der Waals surface area (Å²) in [6, 6.07) is 9.60. The molecule has 0 saturated carbocycles. The molecule has 0 aliphatic carbocycles. The quantitative estimate of drug-likeness (QED) is 0.772. The van der Waals surface area contributed by atoms with Gasteiger partial charge in [-0.3, -0.25) is 9.78 Å². The zero-order valence-corrected chi connectivity index (χ0v) is 15.6. The Bertz CT molecular complexity index is 736. The zero-order chi connectivity index (χ0) is 18.4. The molecule has 1 aromatic carbocycles. The Balaban J connectivity index is 1.51. The summed E-state index contributed by atoms with van der Waals surface area (Å²) >= 11 is 6.10. The smallest absolute Gasteiger partial charge is 0.223 e. The molecule has 1 aliphatic rings. The second kappa shape index (κ2) is 8.90. The van der Waals surface area contributed by atoms with Gasteiger partial charge in [-0.25, -0.2) is 0 Å². The van der Waals surface area contributed by atoms with Crippen molar-refractivity contribution in [1.82, 2.24) is 9.88 Å². The molecule has 1 atom stereocenters. The van der Waals surface area contributed by atoms with E-state index in [1.807, 2.05) is 29.2 Å². The van der Waals surface area contributed by atoms with Gasteiger partial charge in [-0.05, 0) is 37.0 Å². The third-order valence-electron chi connectivity index (χ3n) is 4.55. The van der Waals surface area contributed by atoms with Crippen molar-refractivity contribution in [1.29, 1.82) is 0 Å². The summed E-state index contributed by atoms with van der Waals surface area (Å²) in [5.41, 5.74) is 1.13. The van der Waals surface area contributed by atoms with E-state index < -0.39 is 0 Å². The second-order valence-electron chi connectivity index (χ2n) is 6.38. The highest BCUT2D eigenvalue weighted by molar-refractivity contribution is 6.31. The Kier molecular flexibility index (Phi) is 6.34. The number of hydrogen-bond donors (Lipinski definition) is 0. The van der Waals surface area contributed by atoms with Crippen LogP contribution in [0.2, 0.25) is 5.02 Å². The normalized spacial score (nSPS) is 17.0. The van der Waals surface area contributed by atoms with Gasteiger partial charge in [-0.15, -0.1) is 0 Å². The van der Waals surface area contributed by atoms with Crippen LogP contribution in [0.1, 0.15) is 24.8 Å². The van der Waals surface area contributed by atoms with Crippen LogP contribution >= 0.6 is 11.6 Å². The molecule has 0 spiro atoms. The van der Waals surface area contributed by atoms with Crippen LogP contribution in [-0.4, -0.2) is 42.1 Å². The third kappa shape index (κ3) is 4.88. The van der Waals surface area contributed by atoms with Crippen LogP contribution in [0.3, 0.4) is 0 Å². The molecule has 1 aliphatic heterocycles. The molecule has 1 aromatic heterocycles. The van der Waals surface area contributed by atoms with Crippen LogP contribution in [0.5, 0.6) is 11.5 Å². The summed E-state index contributed by atoms with van der Waals surface area (Å²) in [4.78, 5) is 18.4. The highest BCUT2D eigenvalue weighted by atomic mass is 35.5. The van der Waals surface area contributed by atoms with Gasteiger partial charge in [0.2, 0.25) is 5.91 Å². The maximum absolute atomic E-state index is 12.6. The molecule has 0 N–H and O–H groups in total. The molecule has 1 fully saturated rings. The standard InChI is InChI=1S/C20H23ClN2O3/c1-25-16-7-4-15(5-8-16)6-9-20(24)23-12-2-3-17(14-23)26-19-10-11-22-13-18(19)21/h4-5,7-8,10-11,13,17H,2-3,6,9,12,14H2,1H3/t17-/m1/s1. The molecule has 6 heteroatoms. The van der Waals surface area contributed by atoms with Gasteiger partial charge in [0, 0.05) is 31.4 Å². The Morgan fingerprint density at radius 2 is 2.12 bits per heavy atom. The Morgan fingerprint density at radius 1 is 1.31 bits per heavy atom. The van der Waals surface area contributed by atoms with Crippen LogP contribution in [-0.2, 0) is 11.2 Å². The van der Waals surface area contributed by atoms with Crippen molar-refractivity contribution in [3.05, 3.63) is 53.3 Å². The zero-order valence-electron chi connectivity index (χ0n) is 14.9. The van der Waals surface area contributed by atoms with Crippen LogP contribution in [0.4, 0.5) is 0 Å². The van der Waals surface area contributed by atoms with Crippen molar-refractivity contribution in [3.8, 4) is 11.5 Å². The van der Waals surface area contributed by atoms with E-state index in [1.165, 1.54) is 0 Å². The van der Waals surface area contributed by atoms with E-state index in [4.69, 9.17) is 21.1 Å². The predicted molar refractivity (Wildman–Crippen MR) is 101 cm³/mol. The third-order valence-corrected chi connectivity index (χ3v) is 4.83. The van der Waals surface area contributed by atoms with Gasteiger partial charge in [-0.2, -0.15) is 0 Å². The molecule has 5 nitrogen and oxygen atoms in total. The van der Waals surface area contributed by atoms with Gasteiger partial charge >= 0.3 is 0 Å². The molecule has 1 saturated heterocycles. The lowest BCUT2D eigenvalue weighted by atomic mass is 10.1. The average Bonchev–Trinajstić information content (AvgIpc) is 2.68. The number of hydrogen-bond acceptors (Lipinski definition) is 4. The van der Waals surface area contributed by atoms with Gasteiger partial charge < -0.3 is 14.4 Å². The minimum absolute atomic E-state index is 0.0337. The average molecular weight is 375 g/mol. The van der Waals surface area contributed by atoms with E-state index in [-0.39, 0.29) is 12.0 Å². The Labute approximate surface area is 158 Å². The molecule has 0 unspecified atom stereocenters. The van der Waals surface area contributed by atoms with Crippen molar-refractivity contribution in [2.45, 2.75) is 31.8 Å². The molecular weight excluding hydrogens is 352 g/mol. The number of carbonyl (C=O) groups is 1. The van der Waals surface area contributed by atoms with Gasteiger partial charge in [0.15, 0.2) is 0 Å². The molecule has 0 bridgehead atoms. The molecule has 2 aromatic rings. The van der Waals surface area contributed by atoms with E-state index >= 15 is 0 Å². The lowest BCUT2D eigenvalue weighted by molar-refractivity contribution is -0.133.